The number of aliphatic hydroxyl groups is 1. The lowest BCUT2D eigenvalue weighted by atomic mass is 9.96. The lowest BCUT2D eigenvalue weighted by molar-refractivity contribution is 0.168. The highest BCUT2D eigenvalue weighted by Crippen LogP contribution is 2.18. The van der Waals surface area contributed by atoms with Gasteiger partial charge in [0.1, 0.15) is 0 Å². The summed E-state index contributed by atoms with van der Waals surface area (Å²) in [5, 5.41) is 12.5. The third-order valence-corrected chi connectivity index (χ3v) is 4.51. The Morgan fingerprint density at radius 2 is 2.06 bits per heavy atom. The van der Waals surface area contributed by atoms with Gasteiger partial charge in [0.15, 0.2) is 0 Å². The lowest BCUT2D eigenvalue weighted by Gasteiger charge is -2.27. The van der Waals surface area contributed by atoms with Crippen LogP contribution in [0.3, 0.4) is 0 Å². The molecule has 2 N–H and O–H groups in total. The van der Waals surface area contributed by atoms with E-state index < -0.39 is 0 Å². The average Bonchev–Trinajstić information content (AvgIpc) is 2.59. The number of nitrogens with zero attached hydrogens (tertiary/aromatic N) is 1. The molecule has 1 saturated heterocycles. The zero-order valence-electron chi connectivity index (χ0n) is 12.5. The number of nitrogens with one attached hydrogen (secondary N) is 1. The molecule has 108 valence electrons. The van der Waals surface area contributed by atoms with Gasteiger partial charge < -0.3 is 15.3 Å². The zero-order valence-corrected chi connectivity index (χ0v) is 12.5. The second kappa shape index (κ2) is 8.13. The first-order valence-corrected chi connectivity index (χ1v) is 7.62. The van der Waals surface area contributed by atoms with Gasteiger partial charge in [0.25, 0.3) is 0 Å². The number of likely N-dealkylation sites (N-methyl/N-ethyl adjacent to an activating group) is 1. The predicted molar refractivity (Wildman–Crippen MR) is 77.9 cm³/mol. The van der Waals surface area contributed by atoms with E-state index in [4.69, 9.17) is 0 Å². The summed E-state index contributed by atoms with van der Waals surface area (Å²) in [6.07, 6.45) is 7.65. The molecule has 2 atom stereocenters. The molecule has 0 spiro atoms. The first-order valence-electron chi connectivity index (χ1n) is 7.62. The summed E-state index contributed by atoms with van der Waals surface area (Å²) < 4.78 is 0. The van der Waals surface area contributed by atoms with Crippen LogP contribution in [0.25, 0.3) is 0 Å². The first-order chi connectivity index (χ1) is 8.59. The van der Waals surface area contributed by atoms with Crippen LogP contribution < -0.4 is 5.32 Å². The van der Waals surface area contributed by atoms with Crippen LogP contribution in [0.4, 0.5) is 0 Å². The maximum absolute atomic E-state index is 9.33. The molecular formula is C15H32N2O. The van der Waals surface area contributed by atoms with E-state index >= 15 is 0 Å². The fourth-order valence-electron chi connectivity index (χ4n) is 2.68. The van der Waals surface area contributed by atoms with Crippen LogP contribution in [-0.2, 0) is 0 Å². The van der Waals surface area contributed by atoms with Crippen LogP contribution in [-0.4, -0.2) is 48.8 Å². The summed E-state index contributed by atoms with van der Waals surface area (Å²) in [6, 6.07) is 0. The fraction of sp³-hybridized carbons (Fsp3) is 1.00. The van der Waals surface area contributed by atoms with E-state index in [9.17, 15) is 5.11 Å². The zero-order chi connectivity index (χ0) is 13.4. The Morgan fingerprint density at radius 1 is 1.28 bits per heavy atom. The number of likely N-dealkylation sites (tertiary alicyclic amines) is 1. The van der Waals surface area contributed by atoms with Gasteiger partial charge in [-0.15, -0.1) is 0 Å². The summed E-state index contributed by atoms with van der Waals surface area (Å²) in [4.78, 5) is 2.62. The minimum Gasteiger partial charge on any atom is -0.394 e. The predicted octanol–water partition coefficient (Wildman–Crippen LogP) is 2.25. The van der Waals surface area contributed by atoms with Gasteiger partial charge in [-0.1, -0.05) is 13.3 Å². The second-order valence-electron chi connectivity index (χ2n) is 6.30. The standard InChI is InChI=1S/C15H32N2O/c1-14-7-6-11-17(12-8-14)10-5-4-9-15(2,13-18)16-3/h14,16,18H,4-13H2,1-3H3. The topological polar surface area (TPSA) is 35.5 Å². The summed E-state index contributed by atoms with van der Waals surface area (Å²) in [7, 11) is 1.94. The van der Waals surface area contributed by atoms with Crippen LogP contribution in [0, 0.1) is 5.92 Å². The van der Waals surface area contributed by atoms with Crippen molar-refractivity contribution in [3.05, 3.63) is 0 Å². The molecule has 1 heterocycles. The Morgan fingerprint density at radius 3 is 2.72 bits per heavy atom. The van der Waals surface area contributed by atoms with Crippen molar-refractivity contribution in [2.45, 2.75) is 57.9 Å². The van der Waals surface area contributed by atoms with Crippen molar-refractivity contribution >= 4 is 0 Å². The minimum absolute atomic E-state index is 0.0900. The number of hydrogen-bond acceptors (Lipinski definition) is 3. The van der Waals surface area contributed by atoms with Gasteiger partial charge >= 0.3 is 0 Å². The molecule has 2 unspecified atom stereocenters. The van der Waals surface area contributed by atoms with E-state index in [1.54, 1.807) is 0 Å². The van der Waals surface area contributed by atoms with Gasteiger partial charge in [-0.25, -0.2) is 0 Å². The van der Waals surface area contributed by atoms with Crippen molar-refractivity contribution in [3.63, 3.8) is 0 Å². The van der Waals surface area contributed by atoms with Gasteiger partial charge in [-0.05, 0) is 71.6 Å². The number of rotatable bonds is 7. The molecule has 1 fully saturated rings. The van der Waals surface area contributed by atoms with E-state index in [2.05, 4.69) is 24.1 Å². The van der Waals surface area contributed by atoms with E-state index in [1.807, 2.05) is 7.05 Å². The van der Waals surface area contributed by atoms with Crippen LogP contribution in [0.2, 0.25) is 0 Å². The summed E-state index contributed by atoms with van der Waals surface area (Å²) in [6.45, 7) is 8.50. The van der Waals surface area contributed by atoms with E-state index in [1.165, 1.54) is 51.7 Å². The highest BCUT2D eigenvalue weighted by molar-refractivity contribution is 4.80. The minimum atomic E-state index is -0.0900. The summed E-state index contributed by atoms with van der Waals surface area (Å²) >= 11 is 0. The number of hydrogen-bond donors (Lipinski definition) is 2. The Labute approximate surface area is 113 Å². The number of unbranched alkanes of at least 4 members (excludes halogenated alkanes) is 1. The Balaban J connectivity index is 2.13. The summed E-state index contributed by atoms with van der Waals surface area (Å²) in [5.74, 6) is 0.914. The Bertz CT molecular complexity index is 217. The molecule has 0 aliphatic carbocycles. The molecule has 0 radical (unpaired) electrons. The van der Waals surface area contributed by atoms with Crippen LogP contribution in [0.5, 0.6) is 0 Å². The Kier molecular flexibility index (Phi) is 7.20. The molecule has 3 nitrogen and oxygen atoms in total. The average molecular weight is 256 g/mol. The van der Waals surface area contributed by atoms with Crippen molar-refractivity contribution in [2.24, 2.45) is 5.92 Å². The van der Waals surface area contributed by atoms with Gasteiger partial charge in [-0.3, -0.25) is 0 Å². The van der Waals surface area contributed by atoms with E-state index in [0.29, 0.717) is 0 Å². The lowest BCUT2D eigenvalue weighted by Crippen LogP contribution is -2.43. The van der Waals surface area contributed by atoms with Gasteiger partial charge in [-0.2, -0.15) is 0 Å². The molecule has 1 rings (SSSR count). The third-order valence-electron chi connectivity index (χ3n) is 4.51. The fourth-order valence-corrected chi connectivity index (χ4v) is 2.68. The van der Waals surface area contributed by atoms with E-state index in [-0.39, 0.29) is 12.1 Å². The van der Waals surface area contributed by atoms with Gasteiger partial charge in [0, 0.05) is 5.54 Å². The summed E-state index contributed by atoms with van der Waals surface area (Å²) in [5.41, 5.74) is -0.0900. The molecule has 0 amide bonds. The maximum Gasteiger partial charge on any atom is 0.0610 e. The molecule has 0 bridgehead atoms. The molecule has 0 aromatic carbocycles. The van der Waals surface area contributed by atoms with Crippen molar-refractivity contribution in [1.82, 2.24) is 10.2 Å². The molecule has 0 saturated carbocycles. The molecule has 1 aliphatic rings. The molecule has 0 aromatic rings. The third kappa shape index (κ3) is 5.68. The first kappa shape index (κ1) is 15.9. The molecule has 18 heavy (non-hydrogen) atoms. The van der Waals surface area contributed by atoms with Gasteiger partial charge in [0.2, 0.25) is 0 Å². The van der Waals surface area contributed by atoms with Crippen LogP contribution in [0.15, 0.2) is 0 Å². The maximum atomic E-state index is 9.33. The van der Waals surface area contributed by atoms with Crippen molar-refractivity contribution in [1.29, 1.82) is 0 Å². The Hall–Kier alpha value is -0.120. The number of aliphatic hydroxyl groups excluding tert-OH is 1. The quantitative estimate of drug-likeness (QED) is 0.686. The van der Waals surface area contributed by atoms with Crippen molar-refractivity contribution < 1.29 is 5.11 Å². The second-order valence-corrected chi connectivity index (χ2v) is 6.30. The highest BCUT2D eigenvalue weighted by Gasteiger charge is 2.20. The highest BCUT2D eigenvalue weighted by atomic mass is 16.3. The molecule has 3 heteroatoms. The van der Waals surface area contributed by atoms with Crippen molar-refractivity contribution in [2.75, 3.05) is 33.3 Å². The SMILES string of the molecule is CNC(C)(CO)CCCCN1CCCC(C)CC1. The molecule has 0 aromatic heterocycles. The smallest absolute Gasteiger partial charge is 0.0610 e. The normalized spacial score (nSPS) is 25.7. The molecule has 1 aliphatic heterocycles. The molecular weight excluding hydrogens is 224 g/mol. The van der Waals surface area contributed by atoms with E-state index in [0.717, 1.165) is 12.3 Å². The van der Waals surface area contributed by atoms with Crippen LogP contribution in [0.1, 0.15) is 52.4 Å². The largest absolute Gasteiger partial charge is 0.394 e. The van der Waals surface area contributed by atoms with Crippen LogP contribution >= 0.6 is 0 Å². The monoisotopic (exact) mass is 256 g/mol. The van der Waals surface area contributed by atoms with Gasteiger partial charge in [0.05, 0.1) is 6.61 Å². The van der Waals surface area contributed by atoms with Crippen molar-refractivity contribution in [3.8, 4) is 0 Å².